The van der Waals surface area contributed by atoms with E-state index in [1.165, 1.54) is 0 Å². The van der Waals surface area contributed by atoms with Gasteiger partial charge >= 0.3 is 5.97 Å². The van der Waals surface area contributed by atoms with E-state index in [-0.39, 0.29) is 23.2 Å². The van der Waals surface area contributed by atoms with E-state index >= 15 is 0 Å². The first-order chi connectivity index (χ1) is 7.95. The van der Waals surface area contributed by atoms with Gasteiger partial charge < -0.3 is 4.74 Å². The molecule has 0 amide bonds. The summed E-state index contributed by atoms with van der Waals surface area (Å²) in [7, 11) is 0. The van der Waals surface area contributed by atoms with Crippen LogP contribution in [-0.2, 0) is 16.0 Å². The highest BCUT2D eigenvalue weighted by Gasteiger charge is 2.19. The van der Waals surface area contributed by atoms with Crippen LogP contribution in [0.5, 0.6) is 0 Å². The van der Waals surface area contributed by atoms with Gasteiger partial charge in [0.1, 0.15) is 0 Å². The maximum Gasteiger partial charge on any atom is 0.311 e. The van der Waals surface area contributed by atoms with Crippen LogP contribution in [0.2, 0.25) is 0 Å². The molecule has 1 aromatic heterocycles. The molecule has 17 heavy (non-hydrogen) atoms. The van der Waals surface area contributed by atoms with Gasteiger partial charge in [-0.2, -0.15) is 4.39 Å². The number of aromatic nitrogens is 1. The summed E-state index contributed by atoms with van der Waals surface area (Å²) in [5, 5.41) is 0. The second-order valence-corrected chi connectivity index (χ2v) is 3.88. The second kappa shape index (κ2) is 6.00. The molecule has 0 spiro atoms. The fourth-order valence-electron chi connectivity index (χ4n) is 1.18. The fraction of sp³-hybridized carbons (Fsp3) is 0.400. The number of hydrogen-bond acceptors (Lipinski definition) is 3. The van der Waals surface area contributed by atoms with E-state index in [2.05, 4.69) is 25.7 Å². The molecule has 3 nitrogen and oxygen atoms in total. The van der Waals surface area contributed by atoms with Crippen molar-refractivity contribution >= 4 is 21.9 Å². The molecular formula is C10H9BrF3NO2. The number of esters is 1. The SMILES string of the molecule is CCOC(=O)Cc1cc(C(F)F)c(Br)c(F)n1. The number of hydrogen-bond donors (Lipinski definition) is 0. The molecule has 0 saturated carbocycles. The Morgan fingerprint density at radius 2 is 2.24 bits per heavy atom. The summed E-state index contributed by atoms with van der Waals surface area (Å²) in [5.41, 5.74) is -0.615. The monoisotopic (exact) mass is 311 g/mol. The highest BCUT2D eigenvalue weighted by atomic mass is 79.9. The molecule has 0 saturated heterocycles. The van der Waals surface area contributed by atoms with Crippen LogP contribution in [0.4, 0.5) is 13.2 Å². The van der Waals surface area contributed by atoms with Gasteiger partial charge in [0, 0.05) is 5.56 Å². The normalized spacial score (nSPS) is 10.7. The Balaban J connectivity index is 2.98. The molecular weight excluding hydrogens is 303 g/mol. The topological polar surface area (TPSA) is 39.2 Å². The number of alkyl halides is 2. The van der Waals surface area contributed by atoms with Crippen molar-refractivity contribution in [2.45, 2.75) is 19.8 Å². The van der Waals surface area contributed by atoms with Crippen LogP contribution in [0.1, 0.15) is 24.6 Å². The van der Waals surface area contributed by atoms with Gasteiger partial charge in [-0.1, -0.05) is 0 Å². The van der Waals surface area contributed by atoms with Crippen molar-refractivity contribution in [1.29, 1.82) is 0 Å². The number of pyridine rings is 1. The van der Waals surface area contributed by atoms with Crippen molar-refractivity contribution in [2.75, 3.05) is 6.61 Å². The quantitative estimate of drug-likeness (QED) is 0.634. The Bertz CT molecular complexity index is 426. The second-order valence-electron chi connectivity index (χ2n) is 3.09. The van der Waals surface area contributed by atoms with Crippen LogP contribution in [0.15, 0.2) is 10.5 Å². The van der Waals surface area contributed by atoms with Gasteiger partial charge in [0.15, 0.2) is 0 Å². The maximum atomic E-state index is 13.2. The van der Waals surface area contributed by atoms with Crippen molar-refractivity contribution < 1.29 is 22.7 Å². The average molecular weight is 312 g/mol. The van der Waals surface area contributed by atoms with Gasteiger partial charge in [0.2, 0.25) is 5.95 Å². The summed E-state index contributed by atoms with van der Waals surface area (Å²) in [6, 6.07) is 0.981. The van der Waals surface area contributed by atoms with Gasteiger partial charge in [0.25, 0.3) is 6.43 Å². The first-order valence-electron chi connectivity index (χ1n) is 4.74. The minimum atomic E-state index is -2.84. The number of rotatable bonds is 4. The van der Waals surface area contributed by atoms with Crippen molar-refractivity contribution in [1.82, 2.24) is 4.98 Å². The van der Waals surface area contributed by atoms with Crippen LogP contribution in [0, 0.1) is 5.95 Å². The van der Waals surface area contributed by atoms with E-state index < -0.39 is 23.9 Å². The van der Waals surface area contributed by atoms with Gasteiger partial charge in [-0.05, 0) is 28.9 Å². The standard InChI is InChI=1S/C10H9BrF3NO2/c1-2-17-7(16)4-5-3-6(9(12)13)8(11)10(14)15-5/h3,9H,2,4H2,1H3. The molecule has 1 rings (SSSR count). The minimum absolute atomic E-state index is 0.0838. The third-order valence-electron chi connectivity index (χ3n) is 1.86. The van der Waals surface area contributed by atoms with E-state index in [0.29, 0.717) is 0 Å². The molecule has 7 heteroatoms. The Kier molecular flexibility index (Phi) is 4.92. The third-order valence-corrected chi connectivity index (χ3v) is 2.65. The fourth-order valence-corrected chi connectivity index (χ4v) is 1.55. The molecule has 0 aromatic carbocycles. The smallest absolute Gasteiger partial charge is 0.311 e. The molecule has 0 unspecified atom stereocenters. The molecule has 0 aliphatic heterocycles. The van der Waals surface area contributed by atoms with Crippen LogP contribution < -0.4 is 0 Å². The molecule has 94 valence electrons. The van der Waals surface area contributed by atoms with Gasteiger partial charge in [-0.25, -0.2) is 13.8 Å². The summed E-state index contributed by atoms with van der Waals surface area (Å²) in [5.74, 6) is -1.70. The lowest BCUT2D eigenvalue weighted by Gasteiger charge is -2.07. The van der Waals surface area contributed by atoms with Crippen LogP contribution >= 0.6 is 15.9 Å². The van der Waals surface area contributed by atoms with E-state index in [0.717, 1.165) is 6.07 Å². The van der Waals surface area contributed by atoms with Crippen molar-refractivity contribution in [2.24, 2.45) is 0 Å². The largest absolute Gasteiger partial charge is 0.466 e. The predicted octanol–water partition coefficient (Wildman–Crippen LogP) is 3.03. The molecule has 1 heterocycles. The molecule has 0 aliphatic carbocycles. The number of ether oxygens (including phenoxy) is 1. The zero-order valence-electron chi connectivity index (χ0n) is 8.84. The van der Waals surface area contributed by atoms with E-state index in [9.17, 15) is 18.0 Å². The van der Waals surface area contributed by atoms with E-state index in [4.69, 9.17) is 0 Å². The maximum absolute atomic E-state index is 13.2. The van der Waals surface area contributed by atoms with Crippen LogP contribution in [0.3, 0.4) is 0 Å². The molecule has 0 bridgehead atoms. The molecule has 0 aliphatic rings. The van der Waals surface area contributed by atoms with Crippen LogP contribution in [0.25, 0.3) is 0 Å². The number of halogens is 4. The van der Waals surface area contributed by atoms with Gasteiger partial charge in [-0.15, -0.1) is 0 Å². The summed E-state index contributed by atoms with van der Waals surface area (Å²) in [6.45, 7) is 1.78. The van der Waals surface area contributed by atoms with Crippen molar-refractivity contribution in [3.05, 3.63) is 27.7 Å². The van der Waals surface area contributed by atoms with E-state index in [1.807, 2.05) is 0 Å². The number of carbonyl (C=O) groups excluding carboxylic acids is 1. The molecule has 0 N–H and O–H groups in total. The van der Waals surface area contributed by atoms with Crippen molar-refractivity contribution in [3.8, 4) is 0 Å². The van der Waals surface area contributed by atoms with Crippen LogP contribution in [-0.4, -0.2) is 17.6 Å². The lowest BCUT2D eigenvalue weighted by atomic mass is 10.2. The minimum Gasteiger partial charge on any atom is -0.466 e. The highest BCUT2D eigenvalue weighted by Crippen LogP contribution is 2.29. The average Bonchev–Trinajstić information content (AvgIpc) is 2.23. The highest BCUT2D eigenvalue weighted by molar-refractivity contribution is 9.10. The molecule has 0 radical (unpaired) electrons. The lowest BCUT2D eigenvalue weighted by molar-refractivity contribution is -0.142. The number of carbonyl (C=O) groups is 1. The summed E-state index contributed by atoms with van der Waals surface area (Å²) in [4.78, 5) is 14.5. The van der Waals surface area contributed by atoms with Gasteiger partial charge in [0.05, 0.1) is 23.2 Å². The Labute approximate surface area is 104 Å². The summed E-state index contributed by atoms with van der Waals surface area (Å²) < 4.78 is 42.5. The van der Waals surface area contributed by atoms with Crippen molar-refractivity contribution in [3.63, 3.8) is 0 Å². The third kappa shape index (κ3) is 3.69. The van der Waals surface area contributed by atoms with E-state index in [1.54, 1.807) is 6.92 Å². The zero-order valence-corrected chi connectivity index (χ0v) is 10.4. The Morgan fingerprint density at radius 1 is 1.59 bits per heavy atom. The lowest BCUT2D eigenvalue weighted by Crippen LogP contribution is -2.10. The Morgan fingerprint density at radius 3 is 2.76 bits per heavy atom. The predicted molar refractivity (Wildman–Crippen MR) is 57.2 cm³/mol. The first-order valence-corrected chi connectivity index (χ1v) is 5.53. The summed E-state index contributed by atoms with van der Waals surface area (Å²) in [6.07, 6.45) is -3.18. The molecule has 1 aromatic rings. The van der Waals surface area contributed by atoms with Gasteiger partial charge in [-0.3, -0.25) is 4.79 Å². The first kappa shape index (κ1) is 14.0. The summed E-state index contributed by atoms with van der Waals surface area (Å²) >= 11 is 2.68. The Hall–Kier alpha value is -1.11. The molecule has 0 atom stereocenters. The molecule has 0 fully saturated rings. The number of nitrogens with zero attached hydrogens (tertiary/aromatic N) is 1. The zero-order chi connectivity index (χ0) is 13.0.